The molecule has 2 aromatic rings. The van der Waals surface area contributed by atoms with Gasteiger partial charge in [0.05, 0.1) is 17.6 Å². The summed E-state index contributed by atoms with van der Waals surface area (Å²) in [5.74, 6) is 1.13. The average molecular weight is 468 g/mol. The molecule has 1 fully saturated rings. The lowest BCUT2D eigenvalue weighted by Crippen LogP contribution is -2.19. The fraction of sp³-hybridized carbons (Fsp3) is 0.364. The molecule has 1 aliphatic heterocycles. The van der Waals surface area contributed by atoms with Crippen LogP contribution in [-0.4, -0.2) is 35.9 Å². The van der Waals surface area contributed by atoms with Gasteiger partial charge in [-0.05, 0) is 48.9 Å². The zero-order valence-corrected chi connectivity index (χ0v) is 18.5. The largest absolute Gasteiger partial charge is 0.493 e. The molecule has 0 bridgehead atoms. The maximum atomic E-state index is 12.9. The Morgan fingerprint density at radius 1 is 1.19 bits per heavy atom. The average Bonchev–Trinajstić information content (AvgIpc) is 3.19. The topological polar surface area (TPSA) is 64.8 Å². The molecule has 172 valence electrons. The molecule has 10 heteroatoms. The van der Waals surface area contributed by atoms with Gasteiger partial charge in [0.1, 0.15) is 0 Å². The van der Waals surface area contributed by atoms with E-state index in [1.54, 1.807) is 30.0 Å². The van der Waals surface area contributed by atoms with Gasteiger partial charge in [0.2, 0.25) is 5.75 Å². The Balaban J connectivity index is 1.82. The van der Waals surface area contributed by atoms with Crippen molar-refractivity contribution < 1.29 is 27.6 Å². The zero-order chi connectivity index (χ0) is 23.3. The molecule has 1 heterocycles. The standard InChI is InChI=1S/C22H23F3N2O4S/c1-3-4-9-26-13-17(32-14-26)10-15-5-7-20(21(11-15)30-2)31-19-8-6-16(22(23,24)25)12-18(19)27(28)29/h5-8,10-12H,3-4,9,13-14H2,1-2H3. The molecule has 2 aromatic carbocycles. The molecule has 32 heavy (non-hydrogen) atoms. The number of alkyl halides is 3. The first kappa shape index (κ1) is 23.9. The molecule has 0 atom stereocenters. The number of methoxy groups -OCH3 is 1. The molecule has 1 aliphatic rings. The third-order valence-corrected chi connectivity index (χ3v) is 5.97. The van der Waals surface area contributed by atoms with Crippen molar-refractivity contribution in [2.75, 3.05) is 26.1 Å². The van der Waals surface area contributed by atoms with E-state index in [4.69, 9.17) is 9.47 Å². The van der Waals surface area contributed by atoms with Crippen LogP contribution in [0.2, 0.25) is 0 Å². The summed E-state index contributed by atoms with van der Waals surface area (Å²) in [6.45, 7) is 4.10. The van der Waals surface area contributed by atoms with E-state index in [9.17, 15) is 23.3 Å². The zero-order valence-electron chi connectivity index (χ0n) is 17.6. The molecule has 0 spiro atoms. The maximum absolute atomic E-state index is 12.9. The quantitative estimate of drug-likeness (QED) is 0.323. The third-order valence-electron chi connectivity index (χ3n) is 4.86. The van der Waals surface area contributed by atoms with Crippen LogP contribution in [0, 0.1) is 10.1 Å². The number of hydrogen-bond acceptors (Lipinski definition) is 6. The summed E-state index contributed by atoms with van der Waals surface area (Å²) in [5, 5.41) is 11.3. The minimum absolute atomic E-state index is 0.168. The van der Waals surface area contributed by atoms with E-state index in [2.05, 4.69) is 11.8 Å². The van der Waals surface area contributed by atoms with Gasteiger partial charge in [0, 0.05) is 23.4 Å². The van der Waals surface area contributed by atoms with E-state index in [0.717, 1.165) is 49.5 Å². The molecule has 3 rings (SSSR count). The lowest BCUT2D eigenvalue weighted by molar-refractivity contribution is -0.385. The fourth-order valence-corrected chi connectivity index (χ4v) is 4.25. The predicted molar refractivity (Wildman–Crippen MR) is 118 cm³/mol. The number of halogens is 3. The van der Waals surface area contributed by atoms with Crippen LogP contribution < -0.4 is 9.47 Å². The normalized spacial score (nSPS) is 15.8. The molecule has 0 unspecified atom stereocenters. The summed E-state index contributed by atoms with van der Waals surface area (Å²) in [4.78, 5) is 14.0. The van der Waals surface area contributed by atoms with Crippen molar-refractivity contribution in [3.63, 3.8) is 0 Å². The van der Waals surface area contributed by atoms with Gasteiger partial charge in [0.25, 0.3) is 0 Å². The van der Waals surface area contributed by atoms with Gasteiger partial charge in [-0.25, -0.2) is 0 Å². The Bertz CT molecular complexity index is 1010. The Kier molecular flexibility index (Phi) is 7.68. The molecule has 0 N–H and O–H groups in total. The second kappa shape index (κ2) is 10.3. The molecule has 0 aromatic heterocycles. The van der Waals surface area contributed by atoms with Crippen molar-refractivity contribution in [2.24, 2.45) is 0 Å². The van der Waals surface area contributed by atoms with Crippen LogP contribution in [0.15, 0.2) is 41.3 Å². The number of nitro groups is 1. The van der Waals surface area contributed by atoms with Crippen molar-refractivity contribution >= 4 is 23.5 Å². The van der Waals surface area contributed by atoms with Gasteiger partial charge in [-0.2, -0.15) is 13.2 Å². The maximum Gasteiger partial charge on any atom is 0.416 e. The molecule has 0 amide bonds. The summed E-state index contributed by atoms with van der Waals surface area (Å²) in [6, 6.07) is 7.23. The lowest BCUT2D eigenvalue weighted by Gasteiger charge is -2.13. The van der Waals surface area contributed by atoms with E-state index < -0.39 is 22.4 Å². The Morgan fingerprint density at radius 3 is 2.59 bits per heavy atom. The molecule has 0 aliphatic carbocycles. The van der Waals surface area contributed by atoms with Crippen molar-refractivity contribution in [3.05, 3.63) is 62.5 Å². The van der Waals surface area contributed by atoms with Crippen LogP contribution in [0.5, 0.6) is 17.2 Å². The summed E-state index contributed by atoms with van der Waals surface area (Å²) in [7, 11) is 1.43. The van der Waals surface area contributed by atoms with Crippen molar-refractivity contribution in [3.8, 4) is 17.2 Å². The van der Waals surface area contributed by atoms with Crippen LogP contribution in [-0.2, 0) is 6.18 Å². The molecule has 6 nitrogen and oxygen atoms in total. The summed E-state index contributed by atoms with van der Waals surface area (Å²) in [6.07, 6.45) is -0.344. The van der Waals surface area contributed by atoms with Gasteiger partial charge in [-0.15, -0.1) is 11.8 Å². The summed E-state index contributed by atoms with van der Waals surface area (Å²) >= 11 is 1.77. The van der Waals surface area contributed by atoms with E-state index >= 15 is 0 Å². The van der Waals surface area contributed by atoms with Crippen LogP contribution >= 0.6 is 11.8 Å². The molecule has 0 radical (unpaired) electrons. The fourth-order valence-electron chi connectivity index (χ4n) is 3.18. The minimum Gasteiger partial charge on any atom is -0.493 e. The number of nitro benzene ring substituents is 1. The first-order valence-electron chi connectivity index (χ1n) is 9.98. The number of hydrogen-bond donors (Lipinski definition) is 0. The number of nitrogens with zero attached hydrogens (tertiary/aromatic N) is 2. The van der Waals surface area contributed by atoms with Gasteiger partial charge in [0.15, 0.2) is 11.5 Å². The van der Waals surface area contributed by atoms with Crippen molar-refractivity contribution in [1.29, 1.82) is 0 Å². The highest BCUT2D eigenvalue weighted by Gasteiger charge is 2.33. The highest BCUT2D eigenvalue weighted by molar-refractivity contribution is 8.03. The predicted octanol–water partition coefficient (Wildman–Crippen LogP) is 6.56. The molecular weight excluding hydrogens is 445 g/mol. The second-order valence-corrected chi connectivity index (χ2v) is 8.31. The van der Waals surface area contributed by atoms with Crippen LogP contribution in [0.4, 0.5) is 18.9 Å². The van der Waals surface area contributed by atoms with Crippen LogP contribution in [0.1, 0.15) is 30.9 Å². The lowest BCUT2D eigenvalue weighted by atomic mass is 10.1. The van der Waals surface area contributed by atoms with Gasteiger partial charge in [-0.3, -0.25) is 15.0 Å². The van der Waals surface area contributed by atoms with E-state index in [1.165, 1.54) is 12.0 Å². The number of thioether (sulfide) groups is 1. The second-order valence-electron chi connectivity index (χ2n) is 7.24. The number of benzene rings is 2. The Hall–Kier alpha value is -2.72. The minimum atomic E-state index is -4.69. The first-order valence-corrected chi connectivity index (χ1v) is 11.0. The Morgan fingerprint density at radius 2 is 1.94 bits per heavy atom. The third kappa shape index (κ3) is 5.95. The number of unbranched alkanes of at least 4 members (excludes halogenated alkanes) is 1. The highest BCUT2D eigenvalue weighted by Crippen LogP contribution is 2.40. The van der Waals surface area contributed by atoms with E-state index in [-0.39, 0.29) is 11.5 Å². The molecular formula is C22H23F3N2O4S. The monoisotopic (exact) mass is 468 g/mol. The van der Waals surface area contributed by atoms with Gasteiger partial charge >= 0.3 is 11.9 Å². The number of rotatable bonds is 8. The first-order chi connectivity index (χ1) is 15.2. The van der Waals surface area contributed by atoms with Crippen molar-refractivity contribution in [2.45, 2.75) is 25.9 Å². The van der Waals surface area contributed by atoms with Gasteiger partial charge in [-0.1, -0.05) is 19.4 Å². The number of ether oxygens (including phenoxy) is 2. The highest BCUT2D eigenvalue weighted by atomic mass is 32.2. The van der Waals surface area contributed by atoms with Crippen molar-refractivity contribution in [1.82, 2.24) is 4.90 Å². The van der Waals surface area contributed by atoms with Crippen LogP contribution in [0.3, 0.4) is 0 Å². The Labute approximate surface area is 188 Å². The summed E-state index contributed by atoms with van der Waals surface area (Å²) < 4.78 is 49.7. The smallest absolute Gasteiger partial charge is 0.416 e. The van der Waals surface area contributed by atoms with Crippen LogP contribution in [0.25, 0.3) is 6.08 Å². The summed E-state index contributed by atoms with van der Waals surface area (Å²) in [5.41, 5.74) is -1.02. The SMILES string of the molecule is CCCCN1CSC(=Cc2ccc(Oc3ccc(C(F)(F)F)cc3[N+](=O)[O-])c(OC)c2)C1. The van der Waals surface area contributed by atoms with Gasteiger partial charge < -0.3 is 9.47 Å². The van der Waals surface area contributed by atoms with E-state index in [0.29, 0.717) is 11.8 Å². The molecule has 1 saturated heterocycles. The molecule has 0 saturated carbocycles. The van der Waals surface area contributed by atoms with E-state index in [1.807, 2.05) is 6.08 Å².